The minimum Gasteiger partial charge on any atom is -0.377 e. The maximum Gasteiger partial charge on any atom is 0.0716 e. The van der Waals surface area contributed by atoms with Crippen molar-refractivity contribution < 1.29 is 4.74 Å². The van der Waals surface area contributed by atoms with Gasteiger partial charge in [0.25, 0.3) is 0 Å². The largest absolute Gasteiger partial charge is 0.377 e. The number of hydrogen-bond donors (Lipinski definition) is 0. The fourth-order valence-electron chi connectivity index (χ4n) is 1.89. The lowest BCUT2D eigenvalue weighted by Gasteiger charge is -2.04. The normalized spacial score (nSPS) is 9.26. The number of rotatable bonds is 10. The van der Waals surface area contributed by atoms with Crippen molar-refractivity contribution in [1.29, 1.82) is 0 Å². The lowest BCUT2D eigenvalue weighted by atomic mass is 10.1. The van der Waals surface area contributed by atoms with Gasteiger partial charge in [0.05, 0.1) is 6.61 Å². The van der Waals surface area contributed by atoms with Crippen LogP contribution in [0.4, 0.5) is 0 Å². The monoisotopic (exact) mass is 320 g/mol. The van der Waals surface area contributed by atoms with E-state index in [1.54, 1.807) is 0 Å². The van der Waals surface area contributed by atoms with Crippen molar-refractivity contribution in [2.24, 2.45) is 0 Å². The molecule has 0 saturated carbocycles. The van der Waals surface area contributed by atoms with E-state index in [9.17, 15) is 0 Å². The SMILES string of the molecule is C=CCCC.CC.CCCCCCCOCc1ccc(C)cc1. The third-order valence-electron chi connectivity index (χ3n) is 3.27. The van der Waals surface area contributed by atoms with Gasteiger partial charge in [-0.15, -0.1) is 6.58 Å². The topological polar surface area (TPSA) is 9.23 Å². The highest BCUT2D eigenvalue weighted by Crippen LogP contribution is 2.06. The van der Waals surface area contributed by atoms with E-state index in [2.05, 4.69) is 51.6 Å². The van der Waals surface area contributed by atoms with Crippen molar-refractivity contribution in [3.8, 4) is 0 Å². The molecule has 0 spiro atoms. The third kappa shape index (κ3) is 18.9. The molecular formula is C22H40O. The van der Waals surface area contributed by atoms with Gasteiger partial charge in [0.15, 0.2) is 0 Å². The number of benzene rings is 1. The maximum atomic E-state index is 5.64. The molecule has 1 aromatic carbocycles. The van der Waals surface area contributed by atoms with Crippen LogP contribution in [0.3, 0.4) is 0 Å². The summed E-state index contributed by atoms with van der Waals surface area (Å²) < 4.78 is 5.64. The van der Waals surface area contributed by atoms with Gasteiger partial charge in [0.1, 0.15) is 0 Å². The van der Waals surface area contributed by atoms with E-state index in [0.29, 0.717) is 0 Å². The second kappa shape index (κ2) is 20.9. The van der Waals surface area contributed by atoms with Crippen molar-refractivity contribution in [2.45, 2.75) is 86.2 Å². The highest BCUT2D eigenvalue weighted by Gasteiger charge is 1.93. The van der Waals surface area contributed by atoms with E-state index < -0.39 is 0 Å². The Morgan fingerprint density at radius 1 is 0.913 bits per heavy atom. The highest BCUT2D eigenvalue weighted by molar-refractivity contribution is 5.20. The Labute approximate surface area is 146 Å². The maximum absolute atomic E-state index is 5.64. The van der Waals surface area contributed by atoms with Crippen molar-refractivity contribution in [3.63, 3.8) is 0 Å². The zero-order chi connectivity index (χ0) is 17.8. The Hall–Kier alpha value is -1.08. The molecule has 0 radical (unpaired) electrons. The molecule has 0 heterocycles. The molecule has 1 heteroatoms. The van der Waals surface area contributed by atoms with Gasteiger partial charge in [0, 0.05) is 6.61 Å². The number of aryl methyl sites for hydroxylation is 1. The minimum absolute atomic E-state index is 0.758. The van der Waals surface area contributed by atoms with Crippen LogP contribution in [-0.4, -0.2) is 6.61 Å². The summed E-state index contributed by atoms with van der Waals surface area (Å²) in [6.07, 6.45) is 10.8. The van der Waals surface area contributed by atoms with Crippen LogP contribution in [0.1, 0.15) is 83.8 Å². The molecule has 0 aromatic heterocycles. The molecule has 0 bridgehead atoms. The van der Waals surface area contributed by atoms with Crippen molar-refractivity contribution in [1.82, 2.24) is 0 Å². The molecule has 0 aliphatic carbocycles. The molecule has 23 heavy (non-hydrogen) atoms. The van der Waals surface area contributed by atoms with E-state index in [-0.39, 0.29) is 0 Å². The molecule has 1 aromatic rings. The van der Waals surface area contributed by atoms with Crippen LogP contribution in [-0.2, 0) is 11.3 Å². The van der Waals surface area contributed by atoms with E-state index in [0.717, 1.165) is 19.6 Å². The molecule has 0 aliphatic heterocycles. The van der Waals surface area contributed by atoms with Crippen LogP contribution in [0.15, 0.2) is 36.9 Å². The Kier molecular flexibility index (Phi) is 22.0. The summed E-state index contributed by atoms with van der Waals surface area (Å²) in [5, 5.41) is 0. The molecule has 0 atom stereocenters. The second-order valence-electron chi connectivity index (χ2n) is 5.53. The Balaban J connectivity index is 0. The first-order valence-corrected chi connectivity index (χ1v) is 9.48. The quantitative estimate of drug-likeness (QED) is 0.320. The summed E-state index contributed by atoms with van der Waals surface area (Å²) in [7, 11) is 0. The van der Waals surface area contributed by atoms with Crippen LogP contribution in [0.5, 0.6) is 0 Å². The fourth-order valence-corrected chi connectivity index (χ4v) is 1.89. The summed E-state index contributed by atoms with van der Waals surface area (Å²) in [4.78, 5) is 0. The first kappa shape index (κ1) is 24.2. The lowest BCUT2D eigenvalue weighted by Crippen LogP contribution is -1.95. The van der Waals surface area contributed by atoms with Gasteiger partial charge in [-0.05, 0) is 25.3 Å². The predicted molar refractivity (Wildman–Crippen MR) is 106 cm³/mol. The summed E-state index contributed by atoms with van der Waals surface area (Å²) in [5.41, 5.74) is 2.59. The third-order valence-corrected chi connectivity index (χ3v) is 3.27. The molecule has 0 unspecified atom stereocenters. The molecule has 1 nitrogen and oxygen atoms in total. The first-order chi connectivity index (χ1) is 11.2. The second-order valence-corrected chi connectivity index (χ2v) is 5.53. The van der Waals surface area contributed by atoms with Crippen LogP contribution in [0.2, 0.25) is 0 Å². The zero-order valence-corrected chi connectivity index (χ0v) is 16.4. The van der Waals surface area contributed by atoms with Crippen molar-refractivity contribution in [2.75, 3.05) is 6.61 Å². The summed E-state index contributed by atoms with van der Waals surface area (Å²) in [6.45, 7) is 15.7. The van der Waals surface area contributed by atoms with Gasteiger partial charge in [-0.1, -0.05) is 95.7 Å². The smallest absolute Gasteiger partial charge is 0.0716 e. The average molecular weight is 321 g/mol. The van der Waals surface area contributed by atoms with E-state index >= 15 is 0 Å². The van der Waals surface area contributed by atoms with Gasteiger partial charge in [0.2, 0.25) is 0 Å². The molecule has 0 N–H and O–H groups in total. The number of allylic oxidation sites excluding steroid dienone is 1. The summed E-state index contributed by atoms with van der Waals surface area (Å²) in [5.74, 6) is 0. The molecule has 0 aliphatic rings. The minimum atomic E-state index is 0.758. The predicted octanol–water partition coefficient (Wildman–Crippen LogP) is 7.48. The Bertz CT molecular complexity index is 326. The number of hydrogen-bond acceptors (Lipinski definition) is 1. The zero-order valence-electron chi connectivity index (χ0n) is 16.4. The molecule has 1 rings (SSSR count). The number of ether oxygens (including phenoxy) is 1. The van der Waals surface area contributed by atoms with Crippen molar-refractivity contribution >= 4 is 0 Å². The molecule has 134 valence electrons. The van der Waals surface area contributed by atoms with Gasteiger partial charge in [-0.3, -0.25) is 0 Å². The highest BCUT2D eigenvalue weighted by atomic mass is 16.5. The lowest BCUT2D eigenvalue weighted by molar-refractivity contribution is 0.116. The van der Waals surface area contributed by atoms with Crippen LogP contribution >= 0.6 is 0 Å². The number of unbranched alkanes of at least 4 members (excludes halogenated alkanes) is 5. The van der Waals surface area contributed by atoms with Crippen molar-refractivity contribution in [3.05, 3.63) is 48.0 Å². The van der Waals surface area contributed by atoms with E-state index in [1.807, 2.05) is 19.9 Å². The molecule has 0 saturated heterocycles. The Morgan fingerprint density at radius 2 is 1.52 bits per heavy atom. The summed E-state index contributed by atoms with van der Waals surface area (Å²) in [6, 6.07) is 8.57. The van der Waals surface area contributed by atoms with Crippen LogP contribution in [0, 0.1) is 6.92 Å². The van der Waals surface area contributed by atoms with Gasteiger partial charge in [-0.2, -0.15) is 0 Å². The first-order valence-electron chi connectivity index (χ1n) is 9.48. The standard InChI is InChI=1S/C15H24O.C5H10.C2H6/c1-3-4-5-6-7-12-16-13-15-10-8-14(2)9-11-15;1-3-5-4-2;1-2/h8-11H,3-7,12-13H2,1-2H3;3H,1,4-5H2,2H3;1-2H3. The molecular weight excluding hydrogens is 280 g/mol. The summed E-state index contributed by atoms with van der Waals surface area (Å²) >= 11 is 0. The van der Waals surface area contributed by atoms with Crippen LogP contribution in [0.25, 0.3) is 0 Å². The molecule has 0 fully saturated rings. The van der Waals surface area contributed by atoms with Gasteiger partial charge in [-0.25, -0.2) is 0 Å². The van der Waals surface area contributed by atoms with Crippen LogP contribution < -0.4 is 0 Å². The average Bonchev–Trinajstić information content (AvgIpc) is 2.59. The van der Waals surface area contributed by atoms with Gasteiger partial charge < -0.3 is 4.74 Å². The van der Waals surface area contributed by atoms with E-state index in [1.165, 1.54) is 49.7 Å². The Morgan fingerprint density at radius 3 is 2.00 bits per heavy atom. The fraction of sp³-hybridized carbons (Fsp3) is 0.636. The van der Waals surface area contributed by atoms with E-state index in [4.69, 9.17) is 4.74 Å². The molecule has 0 amide bonds. The van der Waals surface area contributed by atoms with Gasteiger partial charge >= 0.3 is 0 Å².